The molecule has 0 amide bonds. The standard InChI is InChI=1S/C26H26N4O4/c1-2-3-9-21-22(28-33-23(21)18-7-5-4-6-8-18)25-27-24(29-34-25)19-12-10-17(11-13-19)14-30-15-20(16-30)26(31)32/h4-8,10-13,20H,2-3,9,14-16H2,1H3,(H,31,32). The number of unbranched alkanes of at least 4 members (excludes halogenated alkanes) is 1. The molecule has 0 radical (unpaired) electrons. The van der Waals surface area contributed by atoms with E-state index in [1.54, 1.807) is 0 Å². The fraction of sp³-hybridized carbons (Fsp3) is 0.308. The number of hydrogen-bond donors (Lipinski definition) is 1. The molecule has 0 saturated carbocycles. The van der Waals surface area contributed by atoms with Gasteiger partial charge in [-0.05, 0) is 18.4 Å². The molecular weight excluding hydrogens is 432 g/mol. The highest BCUT2D eigenvalue weighted by Crippen LogP contribution is 2.33. The zero-order valence-electron chi connectivity index (χ0n) is 19.0. The summed E-state index contributed by atoms with van der Waals surface area (Å²) in [4.78, 5) is 17.7. The summed E-state index contributed by atoms with van der Waals surface area (Å²) < 4.78 is 11.3. The molecule has 8 heteroatoms. The normalized spacial score (nSPS) is 14.3. The first-order valence-corrected chi connectivity index (χ1v) is 11.5. The van der Waals surface area contributed by atoms with E-state index in [9.17, 15) is 4.79 Å². The average molecular weight is 459 g/mol. The molecule has 1 fully saturated rings. The molecule has 0 aliphatic carbocycles. The molecule has 34 heavy (non-hydrogen) atoms. The van der Waals surface area contributed by atoms with Crippen LogP contribution in [0.1, 0.15) is 30.9 Å². The Morgan fingerprint density at radius 2 is 1.79 bits per heavy atom. The first-order valence-electron chi connectivity index (χ1n) is 11.5. The van der Waals surface area contributed by atoms with Crippen molar-refractivity contribution in [3.8, 4) is 34.3 Å². The van der Waals surface area contributed by atoms with Gasteiger partial charge in [0.05, 0.1) is 5.92 Å². The second kappa shape index (κ2) is 9.61. The topological polar surface area (TPSA) is 105 Å². The number of carbonyl (C=O) groups is 1. The van der Waals surface area contributed by atoms with Crippen molar-refractivity contribution < 1.29 is 18.9 Å². The second-order valence-electron chi connectivity index (χ2n) is 8.66. The number of rotatable bonds is 9. The Labute approximate surface area is 197 Å². The van der Waals surface area contributed by atoms with Crippen LogP contribution in [-0.4, -0.2) is 44.4 Å². The van der Waals surface area contributed by atoms with Crippen LogP contribution in [0.2, 0.25) is 0 Å². The van der Waals surface area contributed by atoms with Gasteiger partial charge in [0.2, 0.25) is 5.82 Å². The van der Waals surface area contributed by atoms with Gasteiger partial charge >= 0.3 is 5.97 Å². The lowest BCUT2D eigenvalue weighted by Crippen LogP contribution is -2.49. The molecule has 3 heterocycles. The molecule has 0 atom stereocenters. The molecule has 0 spiro atoms. The van der Waals surface area contributed by atoms with Gasteiger partial charge in [-0.2, -0.15) is 4.98 Å². The third-order valence-corrected chi connectivity index (χ3v) is 6.16. The number of hydrogen-bond acceptors (Lipinski definition) is 7. The molecule has 1 N–H and O–H groups in total. The summed E-state index contributed by atoms with van der Waals surface area (Å²) in [5.74, 6) is 0.598. The lowest BCUT2D eigenvalue weighted by molar-refractivity contribution is -0.147. The zero-order valence-corrected chi connectivity index (χ0v) is 19.0. The predicted molar refractivity (Wildman–Crippen MR) is 126 cm³/mol. The van der Waals surface area contributed by atoms with Gasteiger partial charge in [-0.25, -0.2) is 0 Å². The number of aromatic nitrogens is 3. The van der Waals surface area contributed by atoms with Crippen LogP contribution in [0.5, 0.6) is 0 Å². The van der Waals surface area contributed by atoms with E-state index in [4.69, 9.17) is 14.2 Å². The minimum absolute atomic E-state index is 0.252. The fourth-order valence-corrected chi connectivity index (χ4v) is 4.19. The Bertz CT molecular complexity index is 1260. The third-order valence-electron chi connectivity index (χ3n) is 6.16. The van der Waals surface area contributed by atoms with E-state index in [1.807, 2.05) is 54.6 Å². The van der Waals surface area contributed by atoms with Gasteiger partial charge in [0.15, 0.2) is 11.5 Å². The van der Waals surface area contributed by atoms with Gasteiger partial charge in [-0.1, -0.05) is 78.3 Å². The molecular formula is C26H26N4O4. The van der Waals surface area contributed by atoms with Crippen LogP contribution < -0.4 is 0 Å². The number of aliphatic carboxylic acids is 1. The highest BCUT2D eigenvalue weighted by molar-refractivity contribution is 5.71. The number of carboxylic acids is 1. The molecule has 1 saturated heterocycles. The molecule has 2 aromatic heterocycles. The maximum absolute atomic E-state index is 11.0. The Morgan fingerprint density at radius 1 is 1.03 bits per heavy atom. The van der Waals surface area contributed by atoms with Crippen molar-refractivity contribution in [1.29, 1.82) is 0 Å². The van der Waals surface area contributed by atoms with E-state index in [2.05, 4.69) is 27.1 Å². The maximum atomic E-state index is 11.0. The number of likely N-dealkylation sites (tertiary alicyclic amines) is 1. The van der Waals surface area contributed by atoms with Crippen LogP contribution in [0.25, 0.3) is 34.3 Å². The molecule has 0 bridgehead atoms. The quantitative estimate of drug-likeness (QED) is 0.377. The first kappa shape index (κ1) is 22.0. The third kappa shape index (κ3) is 4.49. The molecule has 4 aromatic rings. The summed E-state index contributed by atoms with van der Waals surface area (Å²) in [7, 11) is 0. The Kier molecular flexibility index (Phi) is 6.22. The van der Waals surface area contributed by atoms with Crippen molar-refractivity contribution in [3.63, 3.8) is 0 Å². The van der Waals surface area contributed by atoms with Crippen molar-refractivity contribution in [2.45, 2.75) is 32.7 Å². The van der Waals surface area contributed by atoms with Crippen LogP contribution in [0, 0.1) is 5.92 Å². The highest BCUT2D eigenvalue weighted by Gasteiger charge is 2.32. The maximum Gasteiger partial charge on any atom is 0.309 e. The fourth-order valence-electron chi connectivity index (χ4n) is 4.19. The van der Waals surface area contributed by atoms with Crippen LogP contribution in [0.3, 0.4) is 0 Å². The van der Waals surface area contributed by atoms with Gasteiger partial charge in [0, 0.05) is 36.3 Å². The average Bonchev–Trinajstić information content (AvgIpc) is 3.47. The molecule has 5 rings (SSSR count). The van der Waals surface area contributed by atoms with Gasteiger partial charge in [-0.15, -0.1) is 0 Å². The lowest BCUT2D eigenvalue weighted by atomic mass is 9.99. The number of nitrogens with zero attached hydrogens (tertiary/aromatic N) is 4. The van der Waals surface area contributed by atoms with E-state index in [0.717, 1.165) is 53.8 Å². The predicted octanol–water partition coefficient (Wildman–Crippen LogP) is 4.92. The number of benzene rings is 2. The summed E-state index contributed by atoms with van der Waals surface area (Å²) in [6.45, 7) is 4.06. The van der Waals surface area contributed by atoms with Crippen molar-refractivity contribution in [2.24, 2.45) is 5.92 Å². The van der Waals surface area contributed by atoms with E-state index in [1.165, 1.54) is 0 Å². The van der Waals surface area contributed by atoms with Gasteiger partial charge in [0.25, 0.3) is 5.89 Å². The molecule has 1 aliphatic heterocycles. The SMILES string of the molecule is CCCCc1c(-c2nc(-c3ccc(CN4CC(C(=O)O)C4)cc3)no2)noc1-c1ccccc1. The Hall–Kier alpha value is -3.78. The van der Waals surface area contributed by atoms with Crippen molar-refractivity contribution in [2.75, 3.05) is 13.1 Å². The minimum Gasteiger partial charge on any atom is -0.481 e. The summed E-state index contributed by atoms with van der Waals surface area (Å²) in [5.41, 5.74) is 4.50. The van der Waals surface area contributed by atoms with Crippen LogP contribution in [0.4, 0.5) is 0 Å². The van der Waals surface area contributed by atoms with Crippen molar-refractivity contribution >= 4 is 5.97 Å². The van der Waals surface area contributed by atoms with Crippen molar-refractivity contribution in [3.05, 3.63) is 65.7 Å². The summed E-state index contributed by atoms with van der Waals surface area (Å²) >= 11 is 0. The molecule has 0 unspecified atom stereocenters. The zero-order chi connectivity index (χ0) is 23.5. The smallest absolute Gasteiger partial charge is 0.309 e. The minimum atomic E-state index is -0.722. The van der Waals surface area contributed by atoms with E-state index in [-0.39, 0.29) is 5.92 Å². The molecule has 1 aliphatic rings. The van der Waals surface area contributed by atoms with E-state index in [0.29, 0.717) is 30.5 Å². The first-order chi connectivity index (χ1) is 16.6. The molecule has 174 valence electrons. The second-order valence-corrected chi connectivity index (χ2v) is 8.66. The van der Waals surface area contributed by atoms with Crippen LogP contribution in [-0.2, 0) is 17.8 Å². The van der Waals surface area contributed by atoms with Gasteiger partial charge < -0.3 is 14.2 Å². The molecule has 8 nitrogen and oxygen atoms in total. The lowest BCUT2D eigenvalue weighted by Gasteiger charge is -2.36. The summed E-state index contributed by atoms with van der Waals surface area (Å²) in [5, 5.41) is 17.5. The molecule has 2 aromatic carbocycles. The van der Waals surface area contributed by atoms with Crippen LogP contribution >= 0.6 is 0 Å². The van der Waals surface area contributed by atoms with E-state index < -0.39 is 5.97 Å². The number of carboxylic acid groups (broad SMARTS) is 1. The Morgan fingerprint density at radius 3 is 2.50 bits per heavy atom. The van der Waals surface area contributed by atoms with Crippen molar-refractivity contribution in [1.82, 2.24) is 20.2 Å². The van der Waals surface area contributed by atoms with E-state index >= 15 is 0 Å². The Balaban J connectivity index is 1.34. The highest BCUT2D eigenvalue weighted by atomic mass is 16.5. The summed E-state index contributed by atoms with van der Waals surface area (Å²) in [6.07, 6.45) is 2.86. The largest absolute Gasteiger partial charge is 0.481 e. The monoisotopic (exact) mass is 458 g/mol. The van der Waals surface area contributed by atoms with Gasteiger partial charge in [0.1, 0.15) is 0 Å². The summed E-state index contributed by atoms with van der Waals surface area (Å²) in [6, 6.07) is 17.8. The van der Waals surface area contributed by atoms with Crippen LogP contribution in [0.15, 0.2) is 63.6 Å². The van der Waals surface area contributed by atoms with Gasteiger partial charge in [-0.3, -0.25) is 9.69 Å².